The van der Waals surface area contributed by atoms with E-state index in [2.05, 4.69) is 17.1 Å². The lowest BCUT2D eigenvalue weighted by Crippen LogP contribution is -1.95. The average Bonchev–Trinajstić information content (AvgIpc) is 2.40. The second-order valence-electron chi connectivity index (χ2n) is 3.70. The van der Waals surface area contributed by atoms with Crippen molar-refractivity contribution in [2.45, 2.75) is 6.92 Å². The number of hydrogen-bond acceptors (Lipinski definition) is 1. The van der Waals surface area contributed by atoms with Crippen LogP contribution in [0.15, 0.2) is 77.8 Å². The summed E-state index contributed by atoms with van der Waals surface area (Å²) < 4.78 is 0. The van der Waals surface area contributed by atoms with Gasteiger partial charge in [-0.2, -0.15) is 0 Å². The van der Waals surface area contributed by atoms with Crippen molar-refractivity contribution in [1.29, 1.82) is 0 Å². The molecule has 0 spiro atoms. The molecule has 17 heavy (non-hydrogen) atoms. The van der Waals surface area contributed by atoms with Gasteiger partial charge in [-0.25, -0.2) is 4.99 Å². The highest BCUT2D eigenvalue weighted by Gasteiger charge is 1.98. The van der Waals surface area contributed by atoms with E-state index in [1.807, 2.05) is 67.6 Å². The van der Waals surface area contributed by atoms with Crippen molar-refractivity contribution in [3.05, 3.63) is 78.4 Å². The monoisotopic (exact) mass is 221 g/mol. The highest BCUT2D eigenvalue weighted by atomic mass is 14.7. The summed E-state index contributed by atoms with van der Waals surface area (Å²) in [5.74, 6) is 0. The molecule has 0 atom stereocenters. The summed E-state index contributed by atoms with van der Waals surface area (Å²) >= 11 is 0. The first-order valence-electron chi connectivity index (χ1n) is 5.72. The lowest BCUT2D eigenvalue weighted by Gasteiger charge is -2.01. The minimum atomic E-state index is 0.976. The maximum Gasteiger partial charge on any atom is 0.0705 e. The summed E-state index contributed by atoms with van der Waals surface area (Å²) in [6, 6.07) is 20.2. The smallest absolute Gasteiger partial charge is 0.0705 e. The van der Waals surface area contributed by atoms with Crippen LogP contribution in [0.1, 0.15) is 12.5 Å². The van der Waals surface area contributed by atoms with E-state index in [-0.39, 0.29) is 0 Å². The number of hydrogen-bond donors (Lipinski definition) is 0. The summed E-state index contributed by atoms with van der Waals surface area (Å²) in [6.07, 6.45) is 4.04. The standard InChI is InChI=1S/C16H15N/c1-2-9-16(14-10-5-3-6-11-14)17-15-12-7-4-8-13-15/h2-13H,1H3. The first-order valence-corrected chi connectivity index (χ1v) is 5.72. The van der Waals surface area contributed by atoms with Gasteiger partial charge in [0, 0.05) is 5.56 Å². The minimum absolute atomic E-state index is 0.976. The van der Waals surface area contributed by atoms with Crippen LogP contribution in [0.5, 0.6) is 0 Å². The van der Waals surface area contributed by atoms with Crippen LogP contribution in [0.2, 0.25) is 0 Å². The molecule has 1 nitrogen and oxygen atoms in total. The molecule has 0 saturated heterocycles. The third kappa shape index (κ3) is 3.15. The molecule has 0 aliphatic heterocycles. The molecule has 0 fully saturated rings. The largest absolute Gasteiger partial charge is 0.248 e. The van der Waals surface area contributed by atoms with Gasteiger partial charge in [0.1, 0.15) is 0 Å². The Morgan fingerprint density at radius 1 is 0.882 bits per heavy atom. The summed E-state index contributed by atoms with van der Waals surface area (Å²) in [4.78, 5) is 4.65. The van der Waals surface area contributed by atoms with Crippen LogP contribution >= 0.6 is 0 Å². The molecule has 0 aliphatic carbocycles. The molecule has 2 rings (SSSR count). The van der Waals surface area contributed by atoms with Crippen molar-refractivity contribution < 1.29 is 0 Å². The molecule has 0 aliphatic rings. The van der Waals surface area contributed by atoms with Crippen molar-refractivity contribution in [1.82, 2.24) is 0 Å². The van der Waals surface area contributed by atoms with Gasteiger partial charge in [-0.05, 0) is 25.1 Å². The highest BCUT2D eigenvalue weighted by molar-refractivity contribution is 6.09. The molecule has 0 amide bonds. The Balaban J connectivity index is 2.40. The summed E-state index contributed by atoms with van der Waals surface area (Å²) in [5.41, 5.74) is 3.10. The Bertz CT molecular complexity index is 510. The van der Waals surface area contributed by atoms with Crippen LogP contribution in [0, 0.1) is 0 Å². The van der Waals surface area contributed by atoms with Gasteiger partial charge < -0.3 is 0 Å². The lowest BCUT2D eigenvalue weighted by molar-refractivity contribution is 1.50. The van der Waals surface area contributed by atoms with Gasteiger partial charge in [0.25, 0.3) is 0 Å². The third-order valence-corrected chi connectivity index (χ3v) is 2.40. The minimum Gasteiger partial charge on any atom is -0.248 e. The van der Waals surface area contributed by atoms with Crippen molar-refractivity contribution >= 4 is 11.4 Å². The SMILES string of the molecule is CC=CC(=Nc1ccccc1)c1ccccc1. The normalized spacial score (nSPS) is 11.9. The summed E-state index contributed by atoms with van der Waals surface area (Å²) in [6.45, 7) is 2.00. The van der Waals surface area contributed by atoms with Gasteiger partial charge in [-0.1, -0.05) is 54.6 Å². The summed E-state index contributed by atoms with van der Waals surface area (Å²) in [5, 5.41) is 0. The van der Waals surface area contributed by atoms with E-state index in [1.165, 1.54) is 0 Å². The molecule has 0 aromatic heterocycles. The number of para-hydroxylation sites is 1. The van der Waals surface area contributed by atoms with E-state index >= 15 is 0 Å². The first kappa shape index (κ1) is 11.3. The zero-order valence-electron chi connectivity index (χ0n) is 9.88. The molecule has 0 heterocycles. The molecule has 0 bridgehead atoms. The first-order chi connectivity index (χ1) is 8.40. The summed E-state index contributed by atoms with van der Waals surface area (Å²) in [7, 11) is 0. The van der Waals surface area contributed by atoms with Gasteiger partial charge in [-0.15, -0.1) is 0 Å². The van der Waals surface area contributed by atoms with E-state index in [0.717, 1.165) is 17.0 Å². The predicted molar refractivity (Wildman–Crippen MR) is 73.9 cm³/mol. The zero-order chi connectivity index (χ0) is 11.9. The molecule has 2 aromatic carbocycles. The van der Waals surface area contributed by atoms with Gasteiger partial charge in [-0.3, -0.25) is 0 Å². The van der Waals surface area contributed by atoms with E-state index in [0.29, 0.717) is 0 Å². The molecule has 1 heteroatoms. The van der Waals surface area contributed by atoms with Crippen molar-refractivity contribution in [3.8, 4) is 0 Å². The topological polar surface area (TPSA) is 12.4 Å². The van der Waals surface area contributed by atoms with Crippen LogP contribution in [0.25, 0.3) is 0 Å². The van der Waals surface area contributed by atoms with Gasteiger partial charge in [0.15, 0.2) is 0 Å². The third-order valence-electron chi connectivity index (χ3n) is 2.40. The van der Waals surface area contributed by atoms with E-state index in [1.54, 1.807) is 0 Å². The van der Waals surface area contributed by atoms with Crippen molar-refractivity contribution in [3.63, 3.8) is 0 Å². The maximum absolute atomic E-state index is 4.65. The molecule has 0 unspecified atom stereocenters. The Labute approximate surface area is 102 Å². The molecule has 0 N–H and O–H groups in total. The van der Waals surface area contributed by atoms with E-state index in [4.69, 9.17) is 0 Å². The Hall–Kier alpha value is -2.15. The Morgan fingerprint density at radius 3 is 2.06 bits per heavy atom. The predicted octanol–water partition coefficient (Wildman–Crippen LogP) is 4.38. The molecule has 0 saturated carbocycles. The maximum atomic E-state index is 4.65. The van der Waals surface area contributed by atoms with Crippen LogP contribution in [-0.2, 0) is 0 Å². The molecule has 0 radical (unpaired) electrons. The fourth-order valence-corrected chi connectivity index (χ4v) is 1.61. The molecular weight excluding hydrogens is 206 g/mol. The lowest BCUT2D eigenvalue weighted by atomic mass is 10.1. The van der Waals surface area contributed by atoms with Crippen molar-refractivity contribution in [2.75, 3.05) is 0 Å². The number of allylic oxidation sites excluding steroid dienone is 2. The number of benzene rings is 2. The Morgan fingerprint density at radius 2 is 1.47 bits per heavy atom. The number of rotatable bonds is 3. The van der Waals surface area contributed by atoms with Gasteiger partial charge in [0.05, 0.1) is 11.4 Å². The number of aliphatic imine (C=N–C) groups is 1. The van der Waals surface area contributed by atoms with Crippen LogP contribution < -0.4 is 0 Å². The molecule has 2 aromatic rings. The van der Waals surface area contributed by atoms with E-state index < -0.39 is 0 Å². The van der Waals surface area contributed by atoms with E-state index in [9.17, 15) is 0 Å². The van der Waals surface area contributed by atoms with Gasteiger partial charge >= 0.3 is 0 Å². The number of nitrogens with zero attached hydrogens (tertiary/aromatic N) is 1. The fourth-order valence-electron chi connectivity index (χ4n) is 1.61. The fraction of sp³-hybridized carbons (Fsp3) is 0.0625. The van der Waals surface area contributed by atoms with Crippen LogP contribution in [0.4, 0.5) is 5.69 Å². The second-order valence-corrected chi connectivity index (χ2v) is 3.70. The van der Waals surface area contributed by atoms with Crippen molar-refractivity contribution in [2.24, 2.45) is 4.99 Å². The molecule has 84 valence electrons. The quantitative estimate of drug-likeness (QED) is 0.682. The second kappa shape index (κ2) is 5.80. The Kier molecular flexibility index (Phi) is 3.87. The zero-order valence-corrected chi connectivity index (χ0v) is 9.88. The van der Waals surface area contributed by atoms with Crippen LogP contribution in [0.3, 0.4) is 0 Å². The molecular formula is C16H15N. The highest BCUT2D eigenvalue weighted by Crippen LogP contribution is 2.13. The van der Waals surface area contributed by atoms with Gasteiger partial charge in [0.2, 0.25) is 0 Å². The van der Waals surface area contributed by atoms with Crippen LogP contribution in [-0.4, -0.2) is 5.71 Å². The average molecular weight is 221 g/mol.